The number of aliphatic carboxylic acids is 1. The van der Waals surface area contributed by atoms with Gasteiger partial charge in [-0.1, -0.05) is 94.8 Å². The van der Waals surface area contributed by atoms with Crippen molar-refractivity contribution in [2.75, 3.05) is 11.9 Å². The van der Waals surface area contributed by atoms with Gasteiger partial charge in [0.25, 0.3) is 0 Å². The SMILES string of the molecule is O=C(O)C(Br)/N=C(\c1ccccc1)c1ccccc1NC(=O)[C@@H]1CCCN1Cc1ccccc1. The summed E-state index contributed by atoms with van der Waals surface area (Å²) in [5, 5.41) is 12.5. The van der Waals surface area contributed by atoms with Gasteiger partial charge in [-0.25, -0.2) is 4.79 Å². The molecule has 0 aromatic heterocycles. The van der Waals surface area contributed by atoms with E-state index >= 15 is 0 Å². The molecule has 3 aromatic rings. The molecule has 34 heavy (non-hydrogen) atoms. The predicted molar refractivity (Wildman–Crippen MR) is 137 cm³/mol. The second-order valence-electron chi connectivity index (χ2n) is 8.17. The van der Waals surface area contributed by atoms with E-state index in [1.807, 2.05) is 72.8 Å². The van der Waals surface area contributed by atoms with E-state index < -0.39 is 10.9 Å². The Kier molecular flexibility index (Phi) is 7.87. The first kappa shape index (κ1) is 23.9. The maximum atomic E-state index is 13.4. The Morgan fingerprint density at radius 3 is 2.35 bits per heavy atom. The molecule has 1 fully saturated rings. The monoisotopic (exact) mass is 519 g/mol. The molecule has 6 nitrogen and oxygen atoms in total. The second kappa shape index (κ2) is 11.2. The van der Waals surface area contributed by atoms with Crippen LogP contribution in [0.15, 0.2) is 89.9 Å². The minimum atomic E-state index is -1.11. The number of nitrogens with one attached hydrogen (secondary N) is 1. The van der Waals surface area contributed by atoms with Crippen molar-refractivity contribution in [3.8, 4) is 0 Å². The smallest absolute Gasteiger partial charge is 0.339 e. The zero-order valence-electron chi connectivity index (χ0n) is 18.6. The van der Waals surface area contributed by atoms with Gasteiger partial charge in [-0.05, 0) is 31.0 Å². The molecule has 7 heteroatoms. The quantitative estimate of drug-likeness (QED) is 0.251. The zero-order chi connectivity index (χ0) is 23.9. The summed E-state index contributed by atoms with van der Waals surface area (Å²) in [7, 11) is 0. The third-order valence-electron chi connectivity index (χ3n) is 5.83. The molecule has 174 valence electrons. The Balaban J connectivity index is 1.61. The van der Waals surface area contributed by atoms with Crippen molar-refractivity contribution >= 4 is 39.2 Å². The van der Waals surface area contributed by atoms with Crippen molar-refractivity contribution in [2.24, 2.45) is 4.99 Å². The Labute approximate surface area is 207 Å². The number of hydrogen-bond acceptors (Lipinski definition) is 4. The van der Waals surface area contributed by atoms with Crippen LogP contribution >= 0.6 is 15.9 Å². The molecule has 2 N–H and O–H groups in total. The molecular formula is C27H26BrN3O3. The van der Waals surface area contributed by atoms with E-state index in [2.05, 4.69) is 43.3 Å². The molecule has 0 bridgehead atoms. The van der Waals surface area contributed by atoms with Gasteiger partial charge in [0.1, 0.15) is 0 Å². The van der Waals surface area contributed by atoms with Crippen molar-refractivity contribution in [1.29, 1.82) is 0 Å². The van der Waals surface area contributed by atoms with Crippen LogP contribution in [-0.4, -0.2) is 45.1 Å². The number of carbonyl (C=O) groups is 2. The summed E-state index contributed by atoms with van der Waals surface area (Å²) in [4.78, 5) is 30.4. The van der Waals surface area contributed by atoms with Crippen LogP contribution in [0.1, 0.15) is 29.5 Å². The number of nitrogens with zero attached hydrogens (tertiary/aromatic N) is 2. The molecule has 0 aliphatic carbocycles. The number of rotatable bonds is 8. The summed E-state index contributed by atoms with van der Waals surface area (Å²) >= 11 is 3.13. The molecule has 1 heterocycles. The molecule has 1 aliphatic rings. The molecule has 2 atom stereocenters. The maximum Gasteiger partial charge on any atom is 0.339 e. The van der Waals surface area contributed by atoms with Crippen LogP contribution in [0.3, 0.4) is 0 Å². The van der Waals surface area contributed by atoms with E-state index in [9.17, 15) is 14.7 Å². The van der Waals surface area contributed by atoms with E-state index in [1.165, 1.54) is 5.56 Å². The van der Waals surface area contributed by atoms with E-state index in [4.69, 9.17) is 0 Å². The number of carboxylic acids is 1. The molecular weight excluding hydrogens is 494 g/mol. The highest BCUT2D eigenvalue weighted by Gasteiger charge is 2.31. The van der Waals surface area contributed by atoms with Gasteiger partial charge in [0.05, 0.1) is 17.4 Å². The van der Waals surface area contributed by atoms with Gasteiger partial charge in [-0.2, -0.15) is 0 Å². The summed E-state index contributed by atoms with van der Waals surface area (Å²) in [5.74, 6) is -1.15. The normalized spacial score (nSPS) is 17.3. The van der Waals surface area contributed by atoms with Crippen LogP contribution in [0.2, 0.25) is 0 Å². The average molecular weight is 520 g/mol. The van der Waals surface area contributed by atoms with Gasteiger partial charge in [0.2, 0.25) is 10.9 Å². The van der Waals surface area contributed by atoms with Crippen LogP contribution in [0, 0.1) is 0 Å². The fraction of sp³-hybridized carbons (Fsp3) is 0.222. The molecule has 0 spiro atoms. The number of benzene rings is 3. The van der Waals surface area contributed by atoms with E-state index in [1.54, 1.807) is 0 Å². The lowest BCUT2D eigenvalue weighted by molar-refractivity contribution is -0.136. The molecule has 1 amide bonds. The van der Waals surface area contributed by atoms with Gasteiger partial charge in [0, 0.05) is 17.7 Å². The number of anilines is 1. The van der Waals surface area contributed by atoms with Crippen LogP contribution in [-0.2, 0) is 16.1 Å². The van der Waals surface area contributed by atoms with Crippen molar-refractivity contribution in [1.82, 2.24) is 4.90 Å². The Hall–Kier alpha value is -3.29. The topological polar surface area (TPSA) is 82.0 Å². The molecule has 0 radical (unpaired) electrons. The summed E-state index contributed by atoms with van der Waals surface area (Å²) in [5.41, 5.74) is 3.71. The number of para-hydroxylation sites is 1. The first-order valence-corrected chi connectivity index (χ1v) is 12.1. The number of halogens is 1. The third kappa shape index (κ3) is 5.79. The van der Waals surface area contributed by atoms with E-state index in [0.717, 1.165) is 31.5 Å². The first-order chi connectivity index (χ1) is 16.5. The van der Waals surface area contributed by atoms with Crippen molar-refractivity contribution in [3.05, 3.63) is 102 Å². The Bertz CT molecular complexity index is 1170. The van der Waals surface area contributed by atoms with Crippen molar-refractivity contribution < 1.29 is 14.7 Å². The van der Waals surface area contributed by atoms with Gasteiger partial charge in [-0.3, -0.25) is 14.7 Å². The molecule has 1 unspecified atom stereocenters. The number of carboxylic acid groups (broad SMARTS) is 1. The van der Waals surface area contributed by atoms with E-state index in [-0.39, 0.29) is 11.9 Å². The van der Waals surface area contributed by atoms with Crippen LogP contribution in [0.5, 0.6) is 0 Å². The highest BCUT2D eigenvalue weighted by atomic mass is 79.9. The average Bonchev–Trinajstić information content (AvgIpc) is 3.32. The Morgan fingerprint density at radius 2 is 1.65 bits per heavy atom. The predicted octanol–water partition coefficient (Wildman–Crippen LogP) is 4.93. The number of likely N-dealkylation sites (tertiary alicyclic amines) is 1. The molecule has 1 aliphatic heterocycles. The number of alkyl halides is 1. The summed E-state index contributed by atoms with van der Waals surface area (Å²) in [6.07, 6.45) is 1.76. The van der Waals surface area contributed by atoms with Crippen LogP contribution < -0.4 is 5.32 Å². The maximum absolute atomic E-state index is 13.4. The number of carbonyl (C=O) groups excluding carboxylic acids is 1. The fourth-order valence-electron chi connectivity index (χ4n) is 4.21. The molecule has 1 saturated heterocycles. The molecule has 4 rings (SSSR count). The van der Waals surface area contributed by atoms with Gasteiger partial charge >= 0.3 is 5.97 Å². The summed E-state index contributed by atoms with van der Waals surface area (Å²) < 4.78 is 0. The second-order valence-corrected chi connectivity index (χ2v) is 9.03. The van der Waals surface area contributed by atoms with Crippen molar-refractivity contribution in [3.63, 3.8) is 0 Å². The fourth-order valence-corrected chi connectivity index (χ4v) is 4.41. The standard InChI is InChI=1S/C27H26BrN3O3/c28-25(27(33)34)30-24(20-12-5-2-6-13-20)21-14-7-8-15-22(21)29-26(32)23-16-9-17-31(23)18-19-10-3-1-4-11-19/h1-8,10-15,23,25H,9,16-18H2,(H,29,32)(H,33,34)/b30-24+/t23-,25?/m0/s1. The van der Waals surface area contributed by atoms with Gasteiger partial charge < -0.3 is 10.4 Å². The lowest BCUT2D eigenvalue weighted by Gasteiger charge is -2.24. The third-order valence-corrected chi connectivity index (χ3v) is 6.42. The van der Waals surface area contributed by atoms with Crippen LogP contribution in [0.25, 0.3) is 0 Å². The first-order valence-electron chi connectivity index (χ1n) is 11.2. The molecule has 0 saturated carbocycles. The lowest BCUT2D eigenvalue weighted by atomic mass is 10.00. The highest BCUT2D eigenvalue weighted by molar-refractivity contribution is 9.10. The summed E-state index contributed by atoms with van der Waals surface area (Å²) in [6.45, 7) is 1.59. The highest BCUT2D eigenvalue weighted by Crippen LogP contribution is 2.25. The molecule has 3 aromatic carbocycles. The Morgan fingerprint density at radius 1 is 1.00 bits per heavy atom. The largest absolute Gasteiger partial charge is 0.479 e. The van der Waals surface area contributed by atoms with Crippen molar-refractivity contribution in [2.45, 2.75) is 30.4 Å². The van der Waals surface area contributed by atoms with Gasteiger partial charge in [-0.15, -0.1) is 0 Å². The minimum Gasteiger partial charge on any atom is -0.479 e. The van der Waals surface area contributed by atoms with Crippen LogP contribution in [0.4, 0.5) is 5.69 Å². The number of hydrogen-bond donors (Lipinski definition) is 2. The number of amides is 1. The lowest BCUT2D eigenvalue weighted by Crippen LogP contribution is -2.39. The van der Waals surface area contributed by atoms with E-state index in [0.29, 0.717) is 17.0 Å². The minimum absolute atomic E-state index is 0.0677. The zero-order valence-corrected chi connectivity index (χ0v) is 20.2. The summed E-state index contributed by atoms with van der Waals surface area (Å²) in [6, 6.07) is 26.7. The van der Waals surface area contributed by atoms with Gasteiger partial charge in [0.15, 0.2) is 0 Å². The number of aliphatic imine (C=N–C) groups is 1.